The molecule has 0 saturated heterocycles. The molecule has 2 rings (SSSR count). The van der Waals surface area contributed by atoms with E-state index in [1.54, 1.807) is 0 Å². The van der Waals surface area contributed by atoms with Crippen molar-refractivity contribution in [3.8, 4) is 0 Å². The highest BCUT2D eigenvalue weighted by atomic mass is 15.1. The topological polar surface area (TPSA) is 50.4 Å². The first-order valence-electron chi connectivity index (χ1n) is 6.80. The summed E-state index contributed by atoms with van der Waals surface area (Å²) in [5.74, 6) is 1.99. The van der Waals surface area contributed by atoms with E-state index in [0.717, 1.165) is 18.0 Å². The number of anilines is 1. The summed E-state index contributed by atoms with van der Waals surface area (Å²) in [7, 11) is 0. The number of hydrogen-bond donors (Lipinski definition) is 2. The van der Waals surface area contributed by atoms with Gasteiger partial charge in [-0.1, -0.05) is 32.0 Å². The molecule has 18 heavy (non-hydrogen) atoms. The summed E-state index contributed by atoms with van der Waals surface area (Å²) in [4.78, 5) is 4.63. The molecule has 0 amide bonds. The monoisotopic (exact) mass is 245 g/mol. The van der Waals surface area contributed by atoms with E-state index in [-0.39, 0.29) is 0 Å². The predicted octanol–water partition coefficient (Wildman–Crippen LogP) is 3.24. The van der Waals surface area contributed by atoms with E-state index in [1.165, 1.54) is 12.8 Å². The van der Waals surface area contributed by atoms with Gasteiger partial charge in [-0.05, 0) is 43.2 Å². The van der Waals surface area contributed by atoms with Crippen LogP contribution in [0, 0.1) is 11.8 Å². The molecule has 3 heteroatoms. The van der Waals surface area contributed by atoms with Crippen LogP contribution in [-0.2, 0) is 0 Å². The molecule has 1 aliphatic carbocycles. The fraction of sp³-hybridized carbons (Fsp3) is 0.533. The zero-order chi connectivity index (χ0) is 13.0. The van der Waals surface area contributed by atoms with E-state index in [9.17, 15) is 0 Å². The molecule has 1 fully saturated rings. The van der Waals surface area contributed by atoms with Crippen molar-refractivity contribution in [1.29, 1.82) is 0 Å². The number of hydrogen-bond acceptors (Lipinski definition) is 1. The minimum Gasteiger partial charge on any atom is -0.370 e. The van der Waals surface area contributed by atoms with Gasteiger partial charge >= 0.3 is 0 Å². The standard InChI is InChI=1S/C15H23N3/c1-11-8-9-14(12(2)10-11)18-15(16)17-13-6-4-3-5-7-13/h3-7,11-12,14H,8-10H2,1-2H3,(H3,16,17,18). The quantitative estimate of drug-likeness (QED) is 0.621. The van der Waals surface area contributed by atoms with E-state index < -0.39 is 0 Å². The molecule has 1 saturated carbocycles. The van der Waals surface area contributed by atoms with Crippen LogP contribution in [0.3, 0.4) is 0 Å². The SMILES string of the molecule is CC1CCC(N=C(N)Nc2ccccc2)C(C)C1. The molecule has 3 unspecified atom stereocenters. The van der Waals surface area contributed by atoms with Crippen LogP contribution in [0.1, 0.15) is 33.1 Å². The Morgan fingerprint density at radius 1 is 1.22 bits per heavy atom. The molecule has 0 bridgehead atoms. The van der Waals surface area contributed by atoms with E-state index in [4.69, 9.17) is 5.73 Å². The minimum absolute atomic E-state index is 0.373. The molecular formula is C15H23N3. The van der Waals surface area contributed by atoms with Crippen LogP contribution in [0.25, 0.3) is 0 Å². The minimum atomic E-state index is 0.373. The summed E-state index contributed by atoms with van der Waals surface area (Å²) in [5.41, 5.74) is 6.97. The second kappa shape index (κ2) is 5.89. The summed E-state index contributed by atoms with van der Waals surface area (Å²) in [5, 5.41) is 3.15. The molecule has 1 aromatic carbocycles. The molecule has 1 aliphatic rings. The molecule has 0 heterocycles. The lowest BCUT2D eigenvalue weighted by atomic mass is 9.80. The molecule has 0 spiro atoms. The first kappa shape index (κ1) is 12.9. The molecular weight excluding hydrogens is 222 g/mol. The van der Waals surface area contributed by atoms with Gasteiger partial charge < -0.3 is 11.1 Å². The summed E-state index contributed by atoms with van der Waals surface area (Å²) in [6.45, 7) is 4.60. The number of nitrogens with one attached hydrogen (secondary N) is 1. The first-order chi connectivity index (χ1) is 8.65. The number of rotatable bonds is 2. The largest absolute Gasteiger partial charge is 0.370 e. The highest BCUT2D eigenvalue weighted by Crippen LogP contribution is 2.30. The molecule has 0 radical (unpaired) electrons. The van der Waals surface area contributed by atoms with Gasteiger partial charge in [-0.15, -0.1) is 0 Å². The van der Waals surface area contributed by atoms with Crippen molar-refractivity contribution >= 4 is 11.6 Å². The Morgan fingerprint density at radius 2 is 1.94 bits per heavy atom. The van der Waals surface area contributed by atoms with Crippen molar-refractivity contribution < 1.29 is 0 Å². The Labute approximate surface area is 109 Å². The number of guanidine groups is 1. The van der Waals surface area contributed by atoms with Gasteiger partial charge in [0.25, 0.3) is 0 Å². The lowest BCUT2D eigenvalue weighted by Gasteiger charge is -2.30. The molecule has 3 atom stereocenters. The molecule has 0 aliphatic heterocycles. The maximum atomic E-state index is 5.97. The Balaban J connectivity index is 1.96. The van der Waals surface area contributed by atoms with Crippen LogP contribution in [0.4, 0.5) is 5.69 Å². The smallest absolute Gasteiger partial charge is 0.193 e. The fourth-order valence-corrected chi connectivity index (χ4v) is 2.72. The number of para-hydroxylation sites is 1. The molecule has 3 N–H and O–H groups in total. The van der Waals surface area contributed by atoms with Gasteiger partial charge in [-0.25, -0.2) is 4.99 Å². The van der Waals surface area contributed by atoms with Gasteiger partial charge in [0.1, 0.15) is 0 Å². The fourth-order valence-electron chi connectivity index (χ4n) is 2.72. The summed E-state index contributed by atoms with van der Waals surface area (Å²) < 4.78 is 0. The van der Waals surface area contributed by atoms with Crippen molar-refractivity contribution in [2.75, 3.05) is 5.32 Å². The predicted molar refractivity (Wildman–Crippen MR) is 77.7 cm³/mol. The Bertz CT molecular complexity index is 399. The van der Waals surface area contributed by atoms with E-state index in [2.05, 4.69) is 24.2 Å². The Morgan fingerprint density at radius 3 is 2.61 bits per heavy atom. The van der Waals surface area contributed by atoms with Crippen LogP contribution in [0.2, 0.25) is 0 Å². The van der Waals surface area contributed by atoms with Gasteiger partial charge in [0, 0.05) is 5.69 Å². The van der Waals surface area contributed by atoms with Crippen LogP contribution < -0.4 is 11.1 Å². The van der Waals surface area contributed by atoms with Crippen LogP contribution in [-0.4, -0.2) is 12.0 Å². The maximum Gasteiger partial charge on any atom is 0.193 e. The van der Waals surface area contributed by atoms with Crippen molar-refractivity contribution in [3.63, 3.8) is 0 Å². The summed E-state index contributed by atoms with van der Waals surface area (Å²) >= 11 is 0. The lowest BCUT2D eigenvalue weighted by Crippen LogP contribution is -2.30. The number of aliphatic imine (C=N–C) groups is 1. The Kier molecular flexibility index (Phi) is 4.24. The average molecular weight is 245 g/mol. The van der Waals surface area contributed by atoms with E-state index in [0.29, 0.717) is 17.9 Å². The van der Waals surface area contributed by atoms with Gasteiger partial charge in [0.05, 0.1) is 6.04 Å². The van der Waals surface area contributed by atoms with Gasteiger partial charge in [-0.3, -0.25) is 0 Å². The number of nitrogens with two attached hydrogens (primary N) is 1. The van der Waals surface area contributed by atoms with Gasteiger partial charge in [-0.2, -0.15) is 0 Å². The third kappa shape index (κ3) is 3.49. The van der Waals surface area contributed by atoms with Gasteiger partial charge in [0.2, 0.25) is 0 Å². The number of benzene rings is 1. The van der Waals surface area contributed by atoms with E-state index >= 15 is 0 Å². The zero-order valence-corrected chi connectivity index (χ0v) is 11.3. The zero-order valence-electron chi connectivity index (χ0n) is 11.3. The third-order valence-electron chi connectivity index (χ3n) is 3.74. The van der Waals surface area contributed by atoms with Crippen molar-refractivity contribution in [2.24, 2.45) is 22.6 Å². The molecule has 98 valence electrons. The Hall–Kier alpha value is -1.51. The van der Waals surface area contributed by atoms with Gasteiger partial charge in [0.15, 0.2) is 5.96 Å². The normalized spacial score (nSPS) is 29.0. The average Bonchev–Trinajstić information content (AvgIpc) is 2.34. The highest BCUT2D eigenvalue weighted by molar-refractivity contribution is 5.92. The third-order valence-corrected chi connectivity index (χ3v) is 3.74. The van der Waals surface area contributed by atoms with E-state index in [1.807, 2.05) is 30.3 Å². The van der Waals surface area contributed by atoms with Crippen LogP contribution >= 0.6 is 0 Å². The van der Waals surface area contributed by atoms with Crippen molar-refractivity contribution in [1.82, 2.24) is 0 Å². The van der Waals surface area contributed by atoms with Crippen LogP contribution in [0.15, 0.2) is 35.3 Å². The molecule has 1 aromatic rings. The summed E-state index contributed by atoms with van der Waals surface area (Å²) in [6.07, 6.45) is 3.67. The second-order valence-electron chi connectivity index (χ2n) is 5.47. The van der Waals surface area contributed by atoms with Crippen molar-refractivity contribution in [2.45, 2.75) is 39.2 Å². The number of nitrogens with zero attached hydrogens (tertiary/aromatic N) is 1. The molecule has 3 nitrogen and oxygen atoms in total. The first-order valence-corrected chi connectivity index (χ1v) is 6.80. The van der Waals surface area contributed by atoms with Crippen LogP contribution in [0.5, 0.6) is 0 Å². The summed E-state index contributed by atoms with van der Waals surface area (Å²) in [6, 6.07) is 10.3. The maximum absolute atomic E-state index is 5.97. The lowest BCUT2D eigenvalue weighted by molar-refractivity contribution is 0.264. The molecule has 0 aromatic heterocycles. The second-order valence-corrected chi connectivity index (χ2v) is 5.47. The van der Waals surface area contributed by atoms with Crippen molar-refractivity contribution in [3.05, 3.63) is 30.3 Å². The highest BCUT2D eigenvalue weighted by Gasteiger charge is 2.24.